The number of alkyl halides is 3. The van der Waals surface area contributed by atoms with Crippen LogP contribution in [0.1, 0.15) is 12.5 Å². The zero-order valence-electron chi connectivity index (χ0n) is 15.6. The van der Waals surface area contributed by atoms with Crippen LogP contribution in [-0.4, -0.2) is 73.7 Å². The minimum absolute atomic E-state index is 0.0542. The fourth-order valence-corrected chi connectivity index (χ4v) is 2.88. The lowest BCUT2D eigenvalue weighted by atomic mass is 10.2. The first kappa shape index (κ1) is 21.0. The van der Waals surface area contributed by atoms with Crippen LogP contribution >= 0.6 is 0 Å². The van der Waals surface area contributed by atoms with Crippen LogP contribution in [0.5, 0.6) is 0 Å². The Bertz CT molecular complexity index is 628. The fraction of sp³-hybridized carbons (Fsp3) is 0.556. The number of carbonyl (C=O) groups is 1. The first-order valence-corrected chi connectivity index (χ1v) is 8.88. The molecule has 1 aromatic carbocycles. The number of nitrogens with zero attached hydrogens (tertiary/aromatic N) is 3. The molecule has 0 bridgehead atoms. The van der Waals surface area contributed by atoms with Gasteiger partial charge in [-0.05, 0) is 12.5 Å². The maximum Gasteiger partial charge on any atom is 0.403 e. The van der Waals surface area contributed by atoms with Crippen LogP contribution in [0.15, 0.2) is 35.3 Å². The number of hydrogen-bond acceptors (Lipinski definition) is 3. The molecule has 6 nitrogen and oxygen atoms in total. The third-order valence-corrected chi connectivity index (χ3v) is 4.59. The highest BCUT2D eigenvalue weighted by Gasteiger charge is 2.41. The molecule has 1 atom stereocenters. The summed E-state index contributed by atoms with van der Waals surface area (Å²) in [5, 5.41) is 5.78. The van der Waals surface area contributed by atoms with Crippen LogP contribution in [0.3, 0.4) is 0 Å². The van der Waals surface area contributed by atoms with Crippen molar-refractivity contribution in [1.82, 2.24) is 20.4 Å². The van der Waals surface area contributed by atoms with Gasteiger partial charge >= 0.3 is 6.18 Å². The monoisotopic (exact) mass is 385 g/mol. The summed E-state index contributed by atoms with van der Waals surface area (Å²) in [6.07, 6.45) is -4.22. The van der Waals surface area contributed by atoms with Crippen molar-refractivity contribution in [2.45, 2.75) is 25.7 Å². The molecule has 0 saturated carbocycles. The summed E-state index contributed by atoms with van der Waals surface area (Å²) in [6.45, 7) is 3.10. The summed E-state index contributed by atoms with van der Waals surface area (Å²) < 4.78 is 38.5. The molecule has 0 radical (unpaired) electrons. The van der Waals surface area contributed by atoms with E-state index in [2.05, 4.69) is 15.6 Å². The first-order chi connectivity index (χ1) is 12.8. The standard InChI is InChI=1S/C18H26F3N5O/c1-14(18(19,20)21)25-8-10-26(11-9-25)17(22-2)24-13-16(27)23-12-15-6-4-3-5-7-15/h3-7,14H,8-13H2,1-2H3,(H,22,24)(H,23,27). The largest absolute Gasteiger partial charge is 0.403 e. The zero-order chi connectivity index (χ0) is 19.9. The number of hydrogen-bond donors (Lipinski definition) is 2. The summed E-state index contributed by atoms with van der Waals surface area (Å²) in [7, 11) is 1.59. The van der Waals surface area contributed by atoms with Crippen LogP contribution in [-0.2, 0) is 11.3 Å². The quantitative estimate of drug-likeness (QED) is 0.595. The zero-order valence-corrected chi connectivity index (χ0v) is 15.6. The van der Waals surface area contributed by atoms with Gasteiger partial charge in [-0.15, -0.1) is 0 Å². The Hall–Kier alpha value is -2.29. The summed E-state index contributed by atoms with van der Waals surface area (Å²) >= 11 is 0. The van der Waals surface area contributed by atoms with Gasteiger partial charge in [-0.1, -0.05) is 30.3 Å². The summed E-state index contributed by atoms with van der Waals surface area (Å²) in [5.41, 5.74) is 1.00. The average Bonchev–Trinajstić information content (AvgIpc) is 2.67. The third-order valence-electron chi connectivity index (χ3n) is 4.59. The molecule has 0 spiro atoms. The molecule has 9 heteroatoms. The van der Waals surface area contributed by atoms with Crippen LogP contribution < -0.4 is 10.6 Å². The molecule has 2 rings (SSSR count). The molecule has 0 aliphatic carbocycles. The smallest absolute Gasteiger partial charge is 0.350 e. The highest BCUT2D eigenvalue weighted by atomic mass is 19.4. The predicted octanol–water partition coefficient (Wildman–Crippen LogP) is 1.45. The number of guanidine groups is 1. The Kier molecular flexibility index (Phi) is 7.46. The van der Waals surface area contributed by atoms with Crippen LogP contribution in [0.4, 0.5) is 13.2 Å². The number of halogens is 3. The molecule has 1 aromatic rings. The molecule has 150 valence electrons. The normalized spacial score (nSPS) is 17.5. The van der Waals surface area contributed by atoms with Gasteiger partial charge in [-0.25, -0.2) is 0 Å². The Balaban J connectivity index is 1.75. The maximum atomic E-state index is 12.8. The van der Waals surface area contributed by atoms with Crippen molar-refractivity contribution in [2.75, 3.05) is 39.8 Å². The van der Waals surface area contributed by atoms with E-state index in [9.17, 15) is 18.0 Å². The first-order valence-electron chi connectivity index (χ1n) is 8.88. The number of piperazine rings is 1. The van der Waals surface area contributed by atoms with Gasteiger partial charge in [0, 0.05) is 39.8 Å². The lowest BCUT2D eigenvalue weighted by Crippen LogP contribution is -2.57. The van der Waals surface area contributed by atoms with Crippen LogP contribution in [0.25, 0.3) is 0 Å². The number of rotatable bonds is 5. The summed E-state index contributed by atoms with van der Waals surface area (Å²) in [6, 6.07) is 8.11. The highest BCUT2D eigenvalue weighted by molar-refractivity contribution is 5.86. The molecule has 0 aromatic heterocycles. The highest BCUT2D eigenvalue weighted by Crippen LogP contribution is 2.25. The summed E-state index contributed by atoms with van der Waals surface area (Å²) in [4.78, 5) is 19.4. The second-order valence-corrected chi connectivity index (χ2v) is 6.40. The molecular weight excluding hydrogens is 359 g/mol. The lowest BCUT2D eigenvalue weighted by molar-refractivity contribution is -0.181. The molecule has 1 heterocycles. The summed E-state index contributed by atoms with van der Waals surface area (Å²) in [5.74, 6) is 0.341. The number of amides is 1. The molecule has 1 saturated heterocycles. The Morgan fingerprint density at radius 2 is 1.78 bits per heavy atom. The van der Waals surface area contributed by atoms with Gasteiger partial charge in [0.05, 0.1) is 6.54 Å². The Labute approximate surface area is 157 Å². The molecule has 1 aliphatic heterocycles. The maximum absolute atomic E-state index is 12.8. The van der Waals surface area contributed by atoms with Crippen molar-refractivity contribution in [3.05, 3.63) is 35.9 Å². The third kappa shape index (κ3) is 6.42. The van der Waals surface area contributed by atoms with E-state index in [-0.39, 0.29) is 12.5 Å². The van der Waals surface area contributed by atoms with Gasteiger partial charge in [-0.3, -0.25) is 14.7 Å². The van der Waals surface area contributed by atoms with Gasteiger partial charge in [-0.2, -0.15) is 13.2 Å². The predicted molar refractivity (Wildman–Crippen MR) is 98.3 cm³/mol. The number of benzene rings is 1. The van der Waals surface area contributed by atoms with Crippen LogP contribution in [0, 0.1) is 0 Å². The molecule has 1 amide bonds. The minimum Gasteiger partial charge on any atom is -0.350 e. The molecule has 27 heavy (non-hydrogen) atoms. The number of nitrogens with one attached hydrogen (secondary N) is 2. The van der Waals surface area contributed by atoms with E-state index in [0.717, 1.165) is 5.56 Å². The van der Waals surface area contributed by atoms with E-state index in [1.165, 1.54) is 11.8 Å². The van der Waals surface area contributed by atoms with Crippen molar-refractivity contribution < 1.29 is 18.0 Å². The second-order valence-electron chi connectivity index (χ2n) is 6.40. The van der Waals surface area contributed by atoms with E-state index in [1.54, 1.807) is 7.05 Å². The topological polar surface area (TPSA) is 60.0 Å². The number of aliphatic imine (C=N–C) groups is 1. The van der Waals surface area contributed by atoms with E-state index in [1.807, 2.05) is 35.2 Å². The minimum atomic E-state index is -4.22. The van der Waals surface area contributed by atoms with E-state index >= 15 is 0 Å². The van der Waals surface area contributed by atoms with Crippen molar-refractivity contribution in [3.8, 4) is 0 Å². The molecule has 2 N–H and O–H groups in total. The number of carbonyl (C=O) groups excluding carboxylic acids is 1. The van der Waals surface area contributed by atoms with Gasteiger partial charge in [0.1, 0.15) is 6.04 Å². The Morgan fingerprint density at radius 1 is 1.15 bits per heavy atom. The Morgan fingerprint density at radius 3 is 2.33 bits per heavy atom. The molecule has 1 fully saturated rings. The van der Waals surface area contributed by atoms with E-state index in [4.69, 9.17) is 0 Å². The van der Waals surface area contributed by atoms with Gasteiger partial charge in [0.25, 0.3) is 0 Å². The van der Waals surface area contributed by atoms with E-state index in [0.29, 0.717) is 38.7 Å². The van der Waals surface area contributed by atoms with Gasteiger partial charge in [0.2, 0.25) is 5.91 Å². The average molecular weight is 385 g/mol. The SMILES string of the molecule is CN=C(NCC(=O)NCc1ccccc1)N1CCN(C(C)C(F)(F)F)CC1. The van der Waals surface area contributed by atoms with Gasteiger partial charge in [0.15, 0.2) is 5.96 Å². The molecular formula is C18H26F3N5O. The van der Waals surface area contributed by atoms with Gasteiger partial charge < -0.3 is 15.5 Å². The van der Waals surface area contributed by atoms with Crippen molar-refractivity contribution in [1.29, 1.82) is 0 Å². The lowest BCUT2D eigenvalue weighted by Gasteiger charge is -2.39. The van der Waals surface area contributed by atoms with Crippen LogP contribution in [0.2, 0.25) is 0 Å². The van der Waals surface area contributed by atoms with E-state index < -0.39 is 12.2 Å². The molecule has 1 aliphatic rings. The second kappa shape index (κ2) is 9.59. The van der Waals surface area contributed by atoms with Crippen molar-refractivity contribution in [3.63, 3.8) is 0 Å². The van der Waals surface area contributed by atoms with Crippen molar-refractivity contribution >= 4 is 11.9 Å². The fourth-order valence-electron chi connectivity index (χ4n) is 2.88. The molecule has 1 unspecified atom stereocenters. The van der Waals surface area contributed by atoms with Crippen molar-refractivity contribution in [2.24, 2.45) is 4.99 Å².